The van der Waals surface area contributed by atoms with Crippen LogP contribution in [0.15, 0.2) is 0 Å². The van der Waals surface area contributed by atoms with Crippen LogP contribution in [0.1, 0.15) is 123 Å². The van der Waals surface area contributed by atoms with E-state index in [1.807, 2.05) is 0 Å². The van der Waals surface area contributed by atoms with Crippen molar-refractivity contribution in [2.24, 2.45) is 0 Å². The molecule has 0 aromatic rings. The van der Waals surface area contributed by atoms with Gasteiger partial charge in [0.05, 0.1) is 21.0 Å². The number of esters is 1. The number of carbonyl (C=O) groups is 2. The van der Waals surface area contributed by atoms with Gasteiger partial charge in [0.1, 0.15) is 12.9 Å². The van der Waals surface area contributed by atoms with Crippen LogP contribution in [0.2, 0.25) is 0 Å². The third-order valence-electron chi connectivity index (χ3n) is 6.01. The van der Waals surface area contributed by atoms with Crippen LogP contribution in [0.25, 0.3) is 0 Å². The number of rotatable bonds is 28. The first-order chi connectivity index (χ1) is 18.2. The predicted molar refractivity (Wildman–Crippen MR) is 143 cm³/mol. The summed E-state index contributed by atoms with van der Waals surface area (Å²) in [6.07, 6.45) is 17.0. The van der Waals surface area contributed by atoms with Crippen molar-refractivity contribution in [1.82, 2.24) is 5.32 Å². The average molecular weight is 612 g/mol. The van der Waals surface area contributed by atoms with Crippen LogP contribution in [-0.2, 0) is 32.9 Å². The van der Waals surface area contributed by atoms with Gasteiger partial charge in [0.2, 0.25) is 5.91 Å². The summed E-state index contributed by atoms with van der Waals surface area (Å²) in [4.78, 5) is 44.6. The molecule has 0 fully saturated rings. The molecule has 0 aliphatic carbocycles. The fourth-order valence-corrected chi connectivity index (χ4v) is 4.24. The second-order valence-corrected chi connectivity index (χ2v) is 10.9. The number of hydrogen-bond donors (Lipinski definition) is 1. The first kappa shape index (κ1) is 45.4. The van der Waals surface area contributed by atoms with Gasteiger partial charge >= 0.3 is 65.1 Å². The van der Waals surface area contributed by atoms with E-state index in [1.165, 1.54) is 51.9 Å². The van der Waals surface area contributed by atoms with E-state index >= 15 is 0 Å². The second kappa shape index (κ2) is 32.9. The predicted octanol–water partition coefficient (Wildman–Crippen LogP) is -1.47. The molecule has 0 saturated heterocycles. The number of ether oxygens (including phenoxy) is 3. The van der Waals surface area contributed by atoms with Crippen LogP contribution in [0, 0.1) is 0 Å². The summed E-state index contributed by atoms with van der Waals surface area (Å²) < 4.78 is 31.1. The molecule has 226 valence electrons. The van der Waals surface area contributed by atoms with Gasteiger partial charge in [-0.1, -0.05) is 90.4 Å². The number of unbranched alkanes of at least 4 members (excludes halogenated alkanes) is 14. The van der Waals surface area contributed by atoms with Gasteiger partial charge in [-0.3, -0.25) is 9.59 Å². The summed E-state index contributed by atoms with van der Waals surface area (Å²) >= 11 is 0. The molecule has 0 spiro atoms. The Kier molecular flexibility index (Phi) is 37.3. The molecular weight excluding hydrogens is 559 g/mol. The standard InChI is InChI=1S/C27H54NO9P.2Na/c1-3-4-5-6-7-8-9-10-11-13-16-19-27(30)37-26(23-36-38(31,32)33)22-35-24-34-21-18-15-12-14-17-20-28-25(2)29;;/h26H,3-24H2,1-2H3,(H,28,29)(H2,31,32,33);;/q;2*+1/p-2/t26-;;/m1../s1. The fraction of sp³-hybridized carbons (Fsp3) is 0.926. The maximum absolute atomic E-state index is 12.2. The number of phosphoric acid groups is 1. The average Bonchev–Trinajstić information content (AvgIpc) is 2.85. The third-order valence-corrected chi connectivity index (χ3v) is 6.48. The molecule has 0 aliphatic rings. The molecular formula is C27H52NNa2O9P. The molecule has 1 atom stereocenters. The van der Waals surface area contributed by atoms with Gasteiger partial charge in [0, 0.05) is 26.5 Å². The molecule has 0 rings (SSSR count). The van der Waals surface area contributed by atoms with Gasteiger partial charge < -0.3 is 38.4 Å². The Balaban J connectivity index is -0.00000684. The van der Waals surface area contributed by atoms with E-state index in [4.69, 9.17) is 14.2 Å². The maximum atomic E-state index is 12.2. The van der Waals surface area contributed by atoms with Crippen molar-refractivity contribution in [3.63, 3.8) is 0 Å². The normalized spacial score (nSPS) is 11.8. The zero-order chi connectivity index (χ0) is 28.3. The van der Waals surface area contributed by atoms with Crippen molar-refractivity contribution >= 4 is 19.7 Å². The topological polar surface area (TPSA) is 146 Å². The van der Waals surface area contributed by atoms with E-state index in [-0.39, 0.29) is 84.8 Å². The van der Waals surface area contributed by atoms with Crippen molar-refractivity contribution in [2.75, 3.05) is 33.2 Å². The SMILES string of the molecule is CCCCCCCCCCCCCC(=O)O[C@H](COCOCCCCCCCNC(C)=O)COP(=O)([O-])[O-].[Na+].[Na+]. The summed E-state index contributed by atoms with van der Waals surface area (Å²) in [5.74, 6) is -0.481. The summed E-state index contributed by atoms with van der Waals surface area (Å²) in [6, 6.07) is 0. The maximum Gasteiger partial charge on any atom is 1.00 e. The van der Waals surface area contributed by atoms with E-state index in [1.54, 1.807) is 0 Å². The first-order valence-corrected chi connectivity index (χ1v) is 16.0. The van der Waals surface area contributed by atoms with Crippen molar-refractivity contribution in [3.8, 4) is 0 Å². The molecule has 0 bridgehead atoms. The Morgan fingerprint density at radius 2 is 1.27 bits per heavy atom. The molecule has 0 aliphatic heterocycles. The molecule has 1 amide bonds. The Bertz CT molecular complexity index is 627. The zero-order valence-corrected chi connectivity index (χ0v) is 30.6. The first-order valence-electron chi connectivity index (χ1n) is 14.5. The van der Waals surface area contributed by atoms with Crippen LogP contribution < -0.4 is 74.2 Å². The Labute approximate surface area is 287 Å². The third kappa shape index (κ3) is 37.0. The number of amides is 1. The fourth-order valence-electron chi connectivity index (χ4n) is 3.89. The summed E-state index contributed by atoms with van der Waals surface area (Å²) in [5, 5.41) is 2.76. The van der Waals surface area contributed by atoms with E-state index in [0.29, 0.717) is 19.6 Å². The molecule has 0 radical (unpaired) electrons. The molecule has 0 saturated carbocycles. The molecule has 0 aromatic carbocycles. The van der Waals surface area contributed by atoms with E-state index in [0.717, 1.165) is 51.4 Å². The van der Waals surface area contributed by atoms with Crippen LogP contribution in [-0.4, -0.2) is 51.1 Å². The van der Waals surface area contributed by atoms with Crippen LogP contribution in [0.4, 0.5) is 0 Å². The Morgan fingerprint density at radius 3 is 1.82 bits per heavy atom. The van der Waals surface area contributed by atoms with Crippen molar-refractivity contribution < 1.29 is 102 Å². The minimum Gasteiger partial charge on any atom is -0.790 e. The molecule has 40 heavy (non-hydrogen) atoms. The summed E-state index contributed by atoms with van der Waals surface area (Å²) in [7, 11) is -5.18. The molecule has 0 heterocycles. The van der Waals surface area contributed by atoms with Gasteiger partial charge in [-0.15, -0.1) is 0 Å². The minimum absolute atomic E-state index is 0. The van der Waals surface area contributed by atoms with Crippen molar-refractivity contribution in [3.05, 3.63) is 0 Å². The number of phosphoric ester groups is 1. The molecule has 0 unspecified atom stereocenters. The van der Waals surface area contributed by atoms with E-state index in [9.17, 15) is 23.9 Å². The Hall–Kier alpha value is 0.970. The van der Waals surface area contributed by atoms with Crippen LogP contribution in [0.5, 0.6) is 0 Å². The number of hydrogen-bond acceptors (Lipinski definition) is 9. The summed E-state index contributed by atoms with van der Waals surface area (Å²) in [5.41, 5.74) is 0. The van der Waals surface area contributed by atoms with Gasteiger partial charge in [-0.25, -0.2) is 0 Å². The number of nitrogens with one attached hydrogen (secondary N) is 1. The van der Waals surface area contributed by atoms with Gasteiger partial charge in [0.15, 0.2) is 0 Å². The molecule has 0 aromatic heterocycles. The van der Waals surface area contributed by atoms with E-state index in [2.05, 4.69) is 16.8 Å². The van der Waals surface area contributed by atoms with Gasteiger partial charge in [-0.2, -0.15) is 0 Å². The van der Waals surface area contributed by atoms with E-state index < -0.39 is 26.5 Å². The second-order valence-electron chi connectivity index (χ2n) is 9.79. The van der Waals surface area contributed by atoms with Crippen molar-refractivity contribution in [2.45, 2.75) is 129 Å². The summed E-state index contributed by atoms with van der Waals surface area (Å²) in [6.45, 7) is 4.17. The molecule has 10 nitrogen and oxygen atoms in total. The molecule has 1 N–H and O–H groups in total. The van der Waals surface area contributed by atoms with Gasteiger partial charge in [0.25, 0.3) is 0 Å². The largest absolute Gasteiger partial charge is 1.00 e. The van der Waals surface area contributed by atoms with Gasteiger partial charge in [-0.05, 0) is 19.3 Å². The smallest absolute Gasteiger partial charge is 0.790 e. The van der Waals surface area contributed by atoms with Crippen LogP contribution in [0.3, 0.4) is 0 Å². The number of carbonyl (C=O) groups excluding carboxylic acids is 2. The quantitative estimate of drug-likeness (QED) is 0.0368. The zero-order valence-electron chi connectivity index (χ0n) is 25.8. The van der Waals surface area contributed by atoms with Crippen LogP contribution >= 0.6 is 7.82 Å². The molecule has 13 heteroatoms. The monoisotopic (exact) mass is 611 g/mol. The minimum atomic E-state index is -5.18. The van der Waals surface area contributed by atoms with Crippen molar-refractivity contribution in [1.29, 1.82) is 0 Å². The Morgan fingerprint density at radius 1 is 0.750 bits per heavy atom.